The average molecular weight is 207 g/mol. The van der Waals surface area contributed by atoms with Crippen molar-refractivity contribution in [1.29, 1.82) is 0 Å². The van der Waals surface area contributed by atoms with Crippen molar-refractivity contribution >= 4 is 0 Å². The van der Waals surface area contributed by atoms with E-state index in [9.17, 15) is 0 Å². The topological polar surface area (TPSA) is 21.3 Å². The summed E-state index contributed by atoms with van der Waals surface area (Å²) in [6.45, 7) is 5.05. The third-order valence-corrected chi connectivity index (χ3v) is 2.63. The lowest BCUT2D eigenvalue weighted by atomic mass is 10.2. The van der Waals surface area contributed by atoms with E-state index >= 15 is 0 Å². The summed E-state index contributed by atoms with van der Waals surface area (Å²) in [7, 11) is 2.00. The van der Waals surface area contributed by atoms with Crippen LogP contribution in [0.4, 0.5) is 0 Å². The number of benzene rings is 1. The average Bonchev–Trinajstić information content (AvgIpc) is 2.25. The standard InChI is InChI=1S/C13H21NO/c1-4-12(14-3)8-9-15-13-7-5-6-11(2)10-13/h5-7,10,12,14H,4,8-9H2,1-3H3. The molecule has 1 aromatic rings. The molecule has 2 heteroatoms. The molecule has 1 aromatic carbocycles. The van der Waals surface area contributed by atoms with Crippen molar-refractivity contribution in [1.82, 2.24) is 5.32 Å². The second-order valence-corrected chi connectivity index (χ2v) is 3.85. The predicted octanol–water partition coefficient (Wildman–Crippen LogP) is 2.76. The van der Waals surface area contributed by atoms with Gasteiger partial charge in [-0.2, -0.15) is 0 Å². The van der Waals surface area contributed by atoms with Crippen molar-refractivity contribution in [3.05, 3.63) is 29.8 Å². The Kier molecular flexibility index (Phi) is 5.19. The number of hydrogen-bond acceptors (Lipinski definition) is 2. The van der Waals surface area contributed by atoms with Gasteiger partial charge in [0.05, 0.1) is 6.61 Å². The molecule has 0 bridgehead atoms. The highest BCUT2D eigenvalue weighted by Gasteiger charge is 2.02. The van der Waals surface area contributed by atoms with Gasteiger partial charge in [-0.25, -0.2) is 0 Å². The van der Waals surface area contributed by atoms with Crippen molar-refractivity contribution < 1.29 is 4.74 Å². The number of nitrogens with one attached hydrogen (secondary N) is 1. The molecule has 1 atom stereocenters. The minimum absolute atomic E-state index is 0.565. The Morgan fingerprint density at radius 3 is 2.80 bits per heavy atom. The van der Waals surface area contributed by atoms with E-state index in [2.05, 4.69) is 31.3 Å². The Bertz CT molecular complexity index is 282. The molecule has 0 aromatic heterocycles. The first kappa shape index (κ1) is 12.1. The summed E-state index contributed by atoms with van der Waals surface area (Å²) in [5.74, 6) is 0.973. The fraction of sp³-hybridized carbons (Fsp3) is 0.538. The minimum Gasteiger partial charge on any atom is -0.494 e. The molecule has 84 valence electrons. The molecule has 0 amide bonds. The Balaban J connectivity index is 2.31. The minimum atomic E-state index is 0.565. The largest absolute Gasteiger partial charge is 0.494 e. The zero-order chi connectivity index (χ0) is 11.1. The van der Waals surface area contributed by atoms with E-state index < -0.39 is 0 Å². The van der Waals surface area contributed by atoms with Crippen LogP contribution >= 0.6 is 0 Å². The molecule has 0 spiro atoms. The third-order valence-electron chi connectivity index (χ3n) is 2.63. The maximum atomic E-state index is 5.68. The Hall–Kier alpha value is -1.02. The highest BCUT2D eigenvalue weighted by Crippen LogP contribution is 2.12. The molecule has 0 heterocycles. The van der Waals surface area contributed by atoms with E-state index in [0.29, 0.717) is 6.04 Å². The Morgan fingerprint density at radius 1 is 1.40 bits per heavy atom. The molecule has 0 fully saturated rings. The fourth-order valence-corrected chi connectivity index (χ4v) is 1.58. The molecular weight excluding hydrogens is 186 g/mol. The van der Waals surface area contributed by atoms with Crippen LogP contribution in [0.5, 0.6) is 5.75 Å². The second-order valence-electron chi connectivity index (χ2n) is 3.85. The van der Waals surface area contributed by atoms with Gasteiger partial charge in [0.15, 0.2) is 0 Å². The Labute approximate surface area is 92.6 Å². The van der Waals surface area contributed by atoms with Crippen LogP contribution < -0.4 is 10.1 Å². The van der Waals surface area contributed by atoms with Gasteiger partial charge in [-0.05, 0) is 44.5 Å². The van der Waals surface area contributed by atoms with E-state index in [4.69, 9.17) is 4.74 Å². The lowest BCUT2D eigenvalue weighted by Gasteiger charge is -2.14. The van der Waals surface area contributed by atoms with Crippen LogP contribution in [0.1, 0.15) is 25.3 Å². The van der Waals surface area contributed by atoms with Gasteiger partial charge in [-0.1, -0.05) is 19.1 Å². The molecule has 0 aliphatic heterocycles. The van der Waals surface area contributed by atoms with Gasteiger partial charge < -0.3 is 10.1 Å². The zero-order valence-corrected chi connectivity index (χ0v) is 9.92. The second kappa shape index (κ2) is 6.46. The number of rotatable bonds is 6. The van der Waals surface area contributed by atoms with Crippen LogP contribution in [0.25, 0.3) is 0 Å². The van der Waals surface area contributed by atoms with E-state index in [1.165, 1.54) is 5.56 Å². The molecule has 1 rings (SSSR count). The summed E-state index contributed by atoms with van der Waals surface area (Å²) in [5.41, 5.74) is 1.24. The highest BCUT2D eigenvalue weighted by atomic mass is 16.5. The van der Waals surface area contributed by atoms with Gasteiger partial charge in [0.1, 0.15) is 5.75 Å². The Morgan fingerprint density at radius 2 is 2.20 bits per heavy atom. The molecule has 0 radical (unpaired) electrons. The summed E-state index contributed by atoms with van der Waals surface area (Å²) in [6, 6.07) is 8.75. The molecule has 0 saturated carbocycles. The zero-order valence-electron chi connectivity index (χ0n) is 9.92. The molecule has 1 unspecified atom stereocenters. The van der Waals surface area contributed by atoms with Crippen molar-refractivity contribution in [3.8, 4) is 5.75 Å². The van der Waals surface area contributed by atoms with Crippen molar-refractivity contribution in [2.75, 3.05) is 13.7 Å². The number of hydrogen-bond donors (Lipinski definition) is 1. The third kappa shape index (κ3) is 4.34. The fourth-order valence-electron chi connectivity index (χ4n) is 1.58. The smallest absolute Gasteiger partial charge is 0.119 e. The normalized spacial score (nSPS) is 12.5. The molecule has 1 N–H and O–H groups in total. The number of aryl methyl sites for hydroxylation is 1. The number of ether oxygens (including phenoxy) is 1. The lowest BCUT2D eigenvalue weighted by molar-refractivity contribution is 0.287. The highest BCUT2D eigenvalue weighted by molar-refractivity contribution is 5.27. The van der Waals surface area contributed by atoms with Crippen molar-refractivity contribution in [2.45, 2.75) is 32.7 Å². The van der Waals surface area contributed by atoms with Gasteiger partial charge in [-0.3, -0.25) is 0 Å². The molecule has 15 heavy (non-hydrogen) atoms. The molecule has 0 saturated heterocycles. The monoisotopic (exact) mass is 207 g/mol. The first-order valence-electron chi connectivity index (χ1n) is 5.63. The first-order valence-corrected chi connectivity index (χ1v) is 5.63. The quantitative estimate of drug-likeness (QED) is 0.774. The first-order chi connectivity index (χ1) is 7.26. The summed E-state index contributed by atoms with van der Waals surface area (Å²) in [4.78, 5) is 0. The maximum Gasteiger partial charge on any atom is 0.119 e. The van der Waals surface area contributed by atoms with Crippen molar-refractivity contribution in [2.24, 2.45) is 0 Å². The molecule has 0 aliphatic rings. The molecule has 2 nitrogen and oxygen atoms in total. The maximum absolute atomic E-state index is 5.68. The SMILES string of the molecule is CCC(CCOc1cccc(C)c1)NC. The van der Waals surface area contributed by atoms with Crippen molar-refractivity contribution in [3.63, 3.8) is 0 Å². The van der Waals surface area contributed by atoms with Gasteiger partial charge in [0, 0.05) is 6.04 Å². The summed E-state index contributed by atoms with van der Waals surface area (Å²) >= 11 is 0. The van der Waals surface area contributed by atoms with Gasteiger partial charge in [-0.15, -0.1) is 0 Å². The lowest BCUT2D eigenvalue weighted by Crippen LogP contribution is -2.26. The van der Waals surface area contributed by atoms with Gasteiger partial charge in [0.2, 0.25) is 0 Å². The molecule has 0 aliphatic carbocycles. The van der Waals surface area contributed by atoms with Gasteiger partial charge >= 0.3 is 0 Å². The van der Waals surface area contributed by atoms with Crippen LogP contribution in [0.2, 0.25) is 0 Å². The predicted molar refractivity (Wildman–Crippen MR) is 64.4 cm³/mol. The van der Waals surface area contributed by atoms with Crippen LogP contribution in [-0.2, 0) is 0 Å². The van der Waals surface area contributed by atoms with E-state index in [1.54, 1.807) is 0 Å². The summed E-state index contributed by atoms with van der Waals surface area (Å²) in [5, 5.41) is 3.27. The van der Waals surface area contributed by atoms with E-state index in [1.807, 2.05) is 19.2 Å². The van der Waals surface area contributed by atoms with Gasteiger partial charge in [0.25, 0.3) is 0 Å². The summed E-state index contributed by atoms with van der Waals surface area (Å²) < 4.78 is 5.68. The van der Waals surface area contributed by atoms with E-state index in [0.717, 1.165) is 25.2 Å². The molecular formula is C13H21NO. The van der Waals surface area contributed by atoms with E-state index in [-0.39, 0.29) is 0 Å². The van der Waals surface area contributed by atoms with Crippen LogP contribution in [-0.4, -0.2) is 19.7 Å². The van der Waals surface area contributed by atoms with Crippen LogP contribution in [0.15, 0.2) is 24.3 Å². The van der Waals surface area contributed by atoms with Crippen LogP contribution in [0, 0.1) is 6.92 Å². The van der Waals surface area contributed by atoms with Crippen LogP contribution in [0.3, 0.4) is 0 Å². The summed E-state index contributed by atoms with van der Waals surface area (Å²) in [6.07, 6.45) is 2.20.